The van der Waals surface area contributed by atoms with E-state index in [4.69, 9.17) is 14.2 Å². The van der Waals surface area contributed by atoms with Crippen LogP contribution in [0.4, 0.5) is 5.69 Å². The highest BCUT2D eigenvalue weighted by Crippen LogP contribution is 2.46. The molecule has 0 aromatic heterocycles. The first-order valence-electron chi connectivity index (χ1n) is 9.20. The van der Waals surface area contributed by atoms with E-state index < -0.39 is 23.8 Å². The van der Waals surface area contributed by atoms with Gasteiger partial charge in [0.25, 0.3) is 0 Å². The van der Waals surface area contributed by atoms with Gasteiger partial charge in [0.15, 0.2) is 6.23 Å². The average Bonchev–Trinajstić information content (AvgIpc) is 2.82. The smallest absolute Gasteiger partial charge is 0.355 e. The monoisotopic (exact) mass is 402 g/mol. The predicted octanol–water partition coefficient (Wildman–Crippen LogP) is 2.90. The molecule has 0 amide bonds. The van der Waals surface area contributed by atoms with Crippen LogP contribution in [0.25, 0.3) is 6.08 Å². The van der Waals surface area contributed by atoms with Gasteiger partial charge in [0.2, 0.25) is 5.60 Å². The normalized spacial score (nSPS) is 21.9. The number of ether oxygens (including phenoxy) is 3. The van der Waals surface area contributed by atoms with E-state index in [0.717, 1.165) is 5.56 Å². The molecule has 0 saturated carbocycles. The van der Waals surface area contributed by atoms with E-state index in [0.29, 0.717) is 11.3 Å². The Hall–Kier alpha value is -3.89. The molecule has 0 aliphatic carbocycles. The summed E-state index contributed by atoms with van der Waals surface area (Å²) in [5, 5.41) is 10.3. The summed E-state index contributed by atoms with van der Waals surface area (Å²) in [6.45, 7) is 0. The number of anilines is 1. The Morgan fingerprint density at radius 1 is 1.03 bits per heavy atom. The molecule has 0 fully saturated rings. The number of nitrogens with zero attached hydrogens (tertiary/aromatic N) is 2. The largest absolute Gasteiger partial charge is 0.465 e. The van der Waals surface area contributed by atoms with Gasteiger partial charge in [0.1, 0.15) is 17.3 Å². The molecular formula is C23H18N2O5. The number of carbonyl (C=O) groups excluding carboxylic acids is 2. The summed E-state index contributed by atoms with van der Waals surface area (Å²) >= 11 is 0. The Morgan fingerprint density at radius 2 is 1.70 bits per heavy atom. The molecule has 7 heteroatoms. The molecule has 2 heterocycles. The van der Waals surface area contributed by atoms with Crippen molar-refractivity contribution in [3.8, 4) is 6.07 Å². The molecule has 150 valence electrons. The number of fused-ring (bicyclic) bond motifs is 3. The van der Waals surface area contributed by atoms with Gasteiger partial charge < -0.3 is 19.1 Å². The zero-order valence-electron chi connectivity index (χ0n) is 16.4. The van der Waals surface area contributed by atoms with Crippen LogP contribution in [-0.4, -0.2) is 32.4 Å². The molecule has 2 aliphatic rings. The lowest BCUT2D eigenvalue weighted by Gasteiger charge is -2.45. The summed E-state index contributed by atoms with van der Waals surface area (Å²) in [5.74, 6) is -1.63. The van der Waals surface area contributed by atoms with Crippen molar-refractivity contribution in [1.82, 2.24) is 0 Å². The summed E-state index contributed by atoms with van der Waals surface area (Å²) < 4.78 is 16.2. The Morgan fingerprint density at radius 3 is 2.37 bits per heavy atom. The topological polar surface area (TPSA) is 88.9 Å². The minimum absolute atomic E-state index is 0.0946. The molecule has 0 N–H and O–H groups in total. The maximum atomic E-state index is 13.0. The summed E-state index contributed by atoms with van der Waals surface area (Å²) in [5.41, 5.74) is -0.315. The number of para-hydroxylation sites is 1. The van der Waals surface area contributed by atoms with Crippen LogP contribution < -0.4 is 4.90 Å². The number of methoxy groups -OCH3 is 2. The minimum atomic E-state index is -1.87. The molecule has 4 rings (SSSR count). The van der Waals surface area contributed by atoms with Crippen LogP contribution in [0, 0.1) is 11.3 Å². The van der Waals surface area contributed by atoms with E-state index in [1.54, 1.807) is 47.4 Å². The number of hydrogen-bond acceptors (Lipinski definition) is 7. The minimum Gasteiger partial charge on any atom is -0.465 e. The lowest BCUT2D eigenvalue weighted by Crippen LogP contribution is -2.54. The Labute approximate surface area is 173 Å². The first-order valence-corrected chi connectivity index (χ1v) is 9.20. The summed E-state index contributed by atoms with van der Waals surface area (Å²) in [4.78, 5) is 27.5. The third-order valence-corrected chi connectivity index (χ3v) is 5.12. The van der Waals surface area contributed by atoms with Gasteiger partial charge in [-0.25, -0.2) is 9.59 Å². The van der Waals surface area contributed by atoms with E-state index in [1.165, 1.54) is 14.2 Å². The fourth-order valence-corrected chi connectivity index (χ4v) is 3.80. The predicted molar refractivity (Wildman–Crippen MR) is 108 cm³/mol. The van der Waals surface area contributed by atoms with Crippen molar-refractivity contribution in [3.05, 3.63) is 83.1 Å². The van der Waals surface area contributed by atoms with Crippen molar-refractivity contribution in [2.45, 2.75) is 11.8 Å². The number of nitriles is 1. The van der Waals surface area contributed by atoms with Crippen LogP contribution in [-0.2, 0) is 29.4 Å². The molecule has 2 atom stereocenters. The molecule has 2 aromatic rings. The van der Waals surface area contributed by atoms with Crippen molar-refractivity contribution in [2.24, 2.45) is 0 Å². The Kier molecular flexibility index (Phi) is 4.86. The third-order valence-electron chi connectivity index (χ3n) is 5.12. The molecule has 7 nitrogen and oxygen atoms in total. The summed E-state index contributed by atoms with van der Waals surface area (Å²) in [6.07, 6.45) is 2.76. The van der Waals surface area contributed by atoms with E-state index in [1.807, 2.05) is 24.3 Å². The fraction of sp³-hybridized carbons (Fsp3) is 0.174. The van der Waals surface area contributed by atoms with E-state index in [-0.39, 0.29) is 11.3 Å². The first-order chi connectivity index (χ1) is 14.6. The number of benzene rings is 2. The molecule has 0 spiro atoms. The number of carbonyl (C=O) groups is 2. The van der Waals surface area contributed by atoms with Gasteiger partial charge in [0.05, 0.1) is 19.9 Å². The molecule has 2 aliphatic heterocycles. The van der Waals surface area contributed by atoms with Crippen molar-refractivity contribution < 1.29 is 23.8 Å². The second-order valence-electron chi connectivity index (χ2n) is 6.66. The standard InChI is InChI=1S/C23H18N2O5/c1-28-21(26)19-20(22(27)29-2)25-17-11-7-6-8-15(17)12-13-18(25)30-23(19,14-24)16-9-4-3-5-10-16/h3-13,18H,1-2H3. The van der Waals surface area contributed by atoms with Crippen molar-refractivity contribution in [2.75, 3.05) is 19.1 Å². The average molecular weight is 402 g/mol. The van der Waals surface area contributed by atoms with Crippen LogP contribution >= 0.6 is 0 Å². The van der Waals surface area contributed by atoms with Gasteiger partial charge >= 0.3 is 11.9 Å². The van der Waals surface area contributed by atoms with Crippen molar-refractivity contribution >= 4 is 23.7 Å². The maximum absolute atomic E-state index is 13.0. The summed E-state index contributed by atoms with van der Waals surface area (Å²) in [7, 11) is 2.41. The van der Waals surface area contributed by atoms with Crippen LogP contribution in [0.1, 0.15) is 11.1 Å². The molecular weight excluding hydrogens is 384 g/mol. The molecule has 30 heavy (non-hydrogen) atoms. The van der Waals surface area contributed by atoms with Crippen molar-refractivity contribution in [1.29, 1.82) is 5.26 Å². The molecule has 2 unspecified atom stereocenters. The second-order valence-corrected chi connectivity index (χ2v) is 6.66. The van der Waals surface area contributed by atoms with Crippen LogP contribution in [0.5, 0.6) is 0 Å². The van der Waals surface area contributed by atoms with Gasteiger partial charge in [-0.3, -0.25) is 0 Å². The van der Waals surface area contributed by atoms with Crippen LogP contribution in [0.2, 0.25) is 0 Å². The molecule has 0 radical (unpaired) electrons. The quantitative estimate of drug-likeness (QED) is 0.730. The van der Waals surface area contributed by atoms with Gasteiger partial charge in [-0.05, 0) is 17.7 Å². The maximum Gasteiger partial charge on any atom is 0.355 e. The SMILES string of the molecule is COC(=O)C1=C(C(=O)OC)C(C#N)(c2ccccc2)OC2C=Cc3ccccc3N12. The fourth-order valence-electron chi connectivity index (χ4n) is 3.80. The zero-order chi connectivity index (χ0) is 21.3. The van der Waals surface area contributed by atoms with Gasteiger partial charge in [0, 0.05) is 5.56 Å². The lowest BCUT2D eigenvalue weighted by molar-refractivity contribution is -0.144. The number of hydrogen-bond donors (Lipinski definition) is 0. The van der Waals surface area contributed by atoms with E-state index in [2.05, 4.69) is 6.07 Å². The number of esters is 2. The molecule has 2 aromatic carbocycles. The van der Waals surface area contributed by atoms with Crippen LogP contribution in [0.3, 0.4) is 0 Å². The van der Waals surface area contributed by atoms with E-state index >= 15 is 0 Å². The first kappa shape index (κ1) is 19.4. The van der Waals surface area contributed by atoms with E-state index in [9.17, 15) is 14.9 Å². The second kappa shape index (κ2) is 7.50. The zero-order valence-corrected chi connectivity index (χ0v) is 16.4. The van der Waals surface area contributed by atoms with Crippen molar-refractivity contribution in [3.63, 3.8) is 0 Å². The number of rotatable bonds is 3. The van der Waals surface area contributed by atoms with Gasteiger partial charge in [-0.2, -0.15) is 5.26 Å². The van der Waals surface area contributed by atoms with Gasteiger partial charge in [-0.15, -0.1) is 0 Å². The third kappa shape index (κ3) is 2.78. The Bertz CT molecular complexity index is 1120. The molecule has 0 bridgehead atoms. The lowest BCUT2D eigenvalue weighted by atomic mass is 9.83. The van der Waals surface area contributed by atoms with Crippen LogP contribution in [0.15, 0.2) is 71.9 Å². The highest BCUT2D eigenvalue weighted by Gasteiger charge is 2.54. The van der Waals surface area contributed by atoms with Gasteiger partial charge in [-0.1, -0.05) is 54.6 Å². The molecule has 0 saturated heterocycles. The highest BCUT2D eigenvalue weighted by atomic mass is 16.6. The summed E-state index contributed by atoms with van der Waals surface area (Å²) in [6, 6.07) is 18.0. The highest BCUT2D eigenvalue weighted by molar-refractivity contribution is 6.06. The Balaban J connectivity index is 2.09.